The molecule has 2 atom stereocenters. The van der Waals surface area contributed by atoms with E-state index in [1.807, 2.05) is 19.9 Å². The molecule has 248 valence electrons. The van der Waals surface area contributed by atoms with Gasteiger partial charge in [0.05, 0.1) is 27.4 Å². The van der Waals surface area contributed by atoms with Crippen molar-refractivity contribution in [2.24, 2.45) is 17.8 Å². The Hall–Kier alpha value is -4.43. The molecule has 2 aliphatic rings. The van der Waals surface area contributed by atoms with Crippen LogP contribution in [0.25, 0.3) is 10.9 Å². The number of amides is 2. The maximum Gasteiger partial charge on any atom is 0.410 e. The number of ketones is 1. The second-order valence-corrected chi connectivity index (χ2v) is 14.4. The van der Waals surface area contributed by atoms with Crippen LogP contribution in [-0.2, 0) is 16.1 Å². The number of hydrogen-bond donors (Lipinski definition) is 1. The fourth-order valence-electron chi connectivity index (χ4n) is 6.10. The number of fused-ring (bicyclic) bond motifs is 1. The van der Waals surface area contributed by atoms with Gasteiger partial charge in [0.1, 0.15) is 11.7 Å². The fraction of sp³-hybridized carbons (Fsp3) is 0.486. The molecule has 2 heterocycles. The van der Waals surface area contributed by atoms with Crippen molar-refractivity contribution in [1.82, 2.24) is 14.0 Å². The summed E-state index contributed by atoms with van der Waals surface area (Å²) < 4.78 is 8.51. The normalized spacial score (nSPS) is 18.2. The Bertz CT molecular complexity index is 1900. The highest BCUT2D eigenvalue weighted by Gasteiger charge is 2.37. The van der Waals surface area contributed by atoms with Gasteiger partial charge in [-0.3, -0.25) is 23.5 Å². The first-order valence-electron chi connectivity index (χ1n) is 16.0. The summed E-state index contributed by atoms with van der Waals surface area (Å²) in [5.74, 6) is -1.31. The van der Waals surface area contributed by atoms with Crippen LogP contribution < -0.4 is 16.6 Å². The summed E-state index contributed by atoms with van der Waals surface area (Å²) in [5, 5.41) is 12.6. The Kier molecular flexibility index (Phi) is 9.64. The number of benzene rings is 2. The van der Waals surface area contributed by atoms with Gasteiger partial charge in [-0.1, -0.05) is 11.6 Å². The van der Waals surface area contributed by atoms with E-state index in [1.54, 1.807) is 49.6 Å². The van der Waals surface area contributed by atoms with Crippen LogP contribution >= 0.6 is 11.6 Å². The van der Waals surface area contributed by atoms with Crippen LogP contribution in [0.3, 0.4) is 0 Å². The van der Waals surface area contributed by atoms with Crippen molar-refractivity contribution in [3.05, 3.63) is 73.4 Å². The molecule has 47 heavy (non-hydrogen) atoms. The largest absolute Gasteiger partial charge is 0.444 e. The van der Waals surface area contributed by atoms with Crippen molar-refractivity contribution in [3.63, 3.8) is 0 Å². The Morgan fingerprint density at radius 1 is 1.06 bits per heavy atom. The van der Waals surface area contributed by atoms with Crippen molar-refractivity contribution < 1.29 is 19.1 Å². The lowest BCUT2D eigenvalue weighted by Gasteiger charge is -2.37. The highest BCUT2D eigenvalue weighted by Crippen LogP contribution is 2.31. The molecule has 2 amide bonds. The van der Waals surface area contributed by atoms with Crippen LogP contribution in [0.15, 0.2) is 46.0 Å². The van der Waals surface area contributed by atoms with Gasteiger partial charge >= 0.3 is 11.8 Å². The van der Waals surface area contributed by atoms with Crippen molar-refractivity contribution >= 4 is 46.0 Å². The molecule has 2 fully saturated rings. The molecule has 1 N–H and O–H groups in total. The van der Waals surface area contributed by atoms with Crippen molar-refractivity contribution in [2.75, 3.05) is 18.4 Å². The third-order valence-corrected chi connectivity index (χ3v) is 8.85. The standard InChI is InChI=1S/C35H40ClN5O6/c1-20(2)41-29-11-10-26(15-27(29)32(44)40(33(41)45)18-21-6-7-21)38-31(43)25-12-22(17-39(19-25)34(46)47-35(3,4)5)13-30(42)23-8-9-24(16-37)28(36)14-23/h8-11,14-15,20-22,25H,6-7,12-13,17-19H2,1-5H3,(H,38,43). The van der Waals surface area contributed by atoms with Gasteiger partial charge in [-0.15, -0.1) is 0 Å². The average molecular weight is 662 g/mol. The number of Topliss-reactive ketones (excluding diaryl/α,β-unsaturated/α-hetero) is 1. The minimum Gasteiger partial charge on any atom is -0.444 e. The van der Waals surface area contributed by atoms with E-state index < -0.39 is 17.6 Å². The van der Waals surface area contributed by atoms with E-state index in [9.17, 15) is 29.2 Å². The molecule has 12 heteroatoms. The number of nitrogens with one attached hydrogen (secondary N) is 1. The summed E-state index contributed by atoms with van der Waals surface area (Å²) in [6.45, 7) is 9.72. The number of rotatable bonds is 8. The number of nitrogens with zero attached hydrogens (tertiary/aromatic N) is 4. The van der Waals surface area contributed by atoms with Gasteiger partial charge in [-0.2, -0.15) is 5.26 Å². The molecule has 0 bridgehead atoms. The highest BCUT2D eigenvalue weighted by molar-refractivity contribution is 6.32. The number of ether oxygens (including phenoxy) is 1. The SMILES string of the molecule is CC(C)n1c(=O)n(CC2CC2)c(=O)c2cc(NC(=O)C3CC(CC(=O)c4ccc(C#N)c(Cl)c4)CN(C(=O)OC(C)(C)C)C3)ccc21. The average Bonchev–Trinajstić information content (AvgIpc) is 3.82. The number of carbonyl (C=O) groups excluding carboxylic acids is 3. The summed E-state index contributed by atoms with van der Waals surface area (Å²) in [4.78, 5) is 68.4. The number of carbonyl (C=O) groups is 3. The van der Waals surface area contributed by atoms with Crippen molar-refractivity contribution in [1.29, 1.82) is 5.26 Å². The smallest absolute Gasteiger partial charge is 0.410 e. The van der Waals surface area contributed by atoms with Gasteiger partial charge in [-0.25, -0.2) is 9.59 Å². The number of anilines is 1. The first-order chi connectivity index (χ1) is 22.1. The topological polar surface area (TPSA) is 143 Å². The predicted molar refractivity (Wildman–Crippen MR) is 179 cm³/mol. The van der Waals surface area contributed by atoms with Crippen LogP contribution in [0.5, 0.6) is 0 Å². The lowest BCUT2D eigenvalue weighted by atomic mass is 9.84. The molecule has 1 aliphatic heterocycles. The van der Waals surface area contributed by atoms with E-state index in [4.69, 9.17) is 16.3 Å². The van der Waals surface area contributed by atoms with Crippen molar-refractivity contribution in [3.8, 4) is 6.07 Å². The van der Waals surface area contributed by atoms with Gasteiger partial charge in [0.15, 0.2) is 5.78 Å². The van der Waals surface area contributed by atoms with E-state index in [1.165, 1.54) is 21.6 Å². The number of nitriles is 1. The zero-order chi connectivity index (χ0) is 34.2. The number of piperidine rings is 1. The van der Waals surface area contributed by atoms with Crippen LogP contribution in [0.2, 0.25) is 5.02 Å². The predicted octanol–water partition coefficient (Wildman–Crippen LogP) is 5.76. The molecule has 0 radical (unpaired) electrons. The van der Waals surface area contributed by atoms with Gasteiger partial charge in [-0.05, 0) is 102 Å². The van der Waals surface area contributed by atoms with Crippen LogP contribution in [0.4, 0.5) is 10.5 Å². The van der Waals surface area contributed by atoms with Gasteiger partial charge in [0.25, 0.3) is 5.56 Å². The van der Waals surface area contributed by atoms with Crippen LogP contribution in [0, 0.1) is 29.1 Å². The third-order valence-electron chi connectivity index (χ3n) is 8.54. The number of likely N-dealkylation sites (tertiary alicyclic amines) is 1. The first-order valence-corrected chi connectivity index (χ1v) is 16.3. The quantitative estimate of drug-likeness (QED) is 0.302. The Morgan fingerprint density at radius 3 is 2.40 bits per heavy atom. The van der Waals surface area contributed by atoms with E-state index in [2.05, 4.69) is 5.32 Å². The molecule has 1 aromatic heterocycles. The number of halogens is 1. The van der Waals surface area contributed by atoms with Gasteiger partial charge in [0.2, 0.25) is 5.91 Å². The van der Waals surface area contributed by atoms with Crippen molar-refractivity contribution in [2.45, 2.75) is 78.5 Å². The molecule has 1 aliphatic carbocycles. The van der Waals surface area contributed by atoms with E-state index >= 15 is 0 Å². The first kappa shape index (κ1) is 33.9. The second-order valence-electron chi connectivity index (χ2n) is 13.9. The van der Waals surface area contributed by atoms with Crippen LogP contribution in [-0.4, -0.2) is 50.5 Å². The minimum atomic E-state index is -0.759. The maximum absolute atomic E-state index is 13.7. The maximum atomic E-state index is 13.7. The summed E-state index contributed by atoms with van der Waals surface area (Å²) in [5.41, 5.74) is 0.000673. The van der Waals surface area contributed by atoms with Gasteiger partial charge < -0.3 is 15.0 Å². The third kappa shape index (κ3) is 7.76. The second kappa shape index (κ2) is 13.4. The minimum absolute atomic E-state index is 0.0501. The van der Waals surface area contributed by atoms with E-state index in [0.29, 0.717) is 41.0 Å². The monoisotopic (exact) mass is 661 g/mol. The zero-order valence-corrected chi connectivity index (χ0v) is 28.1. The lowest BCUT2D eigenvalue weighted by Crippen LogP contribution is -2.49. The zero-order valence-electron chi connectivity index (χ0n) is 27.3. The molecule has 1 saturated heterocycles. The molecule has 11 nitrogen and oxygen atoms in total. The number of hydrogen-bond acceptors (Lipinski definition) is 7. The van der Waals surface area contributed by atoms with Gasteiger partial charge in [0, 0.05) is 43.3 Å². The molecular formula is C35H40ClN5O6. The summed E-state index contributed by atoms with van der Waals surface area (Å²) in [7, 11) is 0. The molecule has 2 unspecified atom stereocenters. The molecule has 3 aromatic rings. The Balaban J connectivity index is 1.40. The van der Waals surface area contributed by atoms with E-state index in [0.717, 1.165) is 12.8 Å². The molecule has 5 rings (SSSR count). The summed E-state index contributed by atoms with van der Waals surface area (Å²) in [6.07, 6.45) is 1.76. The Morgan fingerprint density at radius 2 is 1.79 bits per heavy atom. The molecular weight excluding hydrogens is 622 g/mol. The fourth-order valence-corrected chi connectivity index (χ4v) is 6.32. The molecule has 2 aromatic carbocycles. The number of aromatic nitrogens is 2. The van der Waals surface area contributed by atoms with E-state index in [-0.39, 0.29) is 65.0 Å². The molecule has 0 spiro atoms. The summed E-state index contributed by atoms with van der Waals surface area (Å²) >= 11 is 6.16. The van der Waals surface area contributed by atoms with Crippen LogP contribution in [0.1, 0.15) is 82.3 Å². The highest BCUT2D eigenvalue weighted by atomic mass is 35.5. The lowest BCUT2D eigenvalue weighted by molar-refractivity contribution is -0.122. The summed E-state index contributed by atoms with van der Waals surface area (Å²) in [6, 6.07) is 11.2. The molecule has 1 saturated carbocycles. The Labute approximate surface area is 278 Å².